The summed E-state index contributed by atoms with van der Waals surface area (Å²) in [5.41, 5.74) is -1.39. The molecule has 0 aliphatic heterocycles. The van der Waals surface area contributed by atoms with Gasteiger partial charge >= 0.3 is 12.1 Å². The van der Waals surface area contributed by atoms with Crippen molar-refractivity contribution >= 4 is 34.0 Å². The van der Waals surface area contributed by atoms with Crippen LogP contribution >= 0.6 is 11.3 Å². The maximum Gasteiger partial charge on any atom is 0.421 e. The number of benzene rings is 1. The maximum absolute atomic E-state index is 15.8. The number of anilines is 2. The van der Waals surface area contributed by atoms with Crippen molar-refractivity contribution in [3.05, 3.63) is 58.0 Å². The first kappa shape index (κ1) is 36.0. The summed E-state index contributed by atoms with van der Waals surface area (Å²) in [5.74, 6) is -4.94. The summed E-state index contributed by atoms with van der Waals surface area (Å²) >= 11 is 1.34. The van der Waals surface area contributed by atoms with Crippen LogP contribution < -0.4 is 14.5 Å². The molecule has 4 rings (SSSR count). The number of rotatable bonds is 13. The Labute approximate surface area is 274 Å². The van der Waals surface area contributed by atoms with Crippen LogP contribution in [0.1, 0.15) is 59.8 Å². The molecule has 1 aliphatic rings. The molecule has 0 spiro atoms. The number of halogens is 4. The molecule has 0 radical (unpaired) electrons. The molecule has 2 aromatic heterocycles. The van der Waals surface area contributed by atoms with Crippen LogP contribution in [0.15, 0.2) is 29.8 Å². The smallest absolute Gasteiger partial charge is 0.421 e. The predicted octanol–water partition coefficient (Wildman–Crippen LogP) is 6.66. The number of thiazole rings is 1. The third kappa shape index (κ3) is 8.76. The highest BCUT2D eigenvalue weighted by molar-refractivity contribution is 7.13. The van der Waals surface area contributed by atoms with Gasteiger partial charge in [0.1, 0.15) is 5.56 Å². The number of aromatic carboxylic acids is 1. The van der Waals surface area contributed by atoms with Crippen LogP contribution in [0.25, 0.3) is 0 Å². The first-order valence-corrected chi connectivity index (χ1v) is 15.8. The third-order valence-electron chi connectivity index (χ3n) is 7.95. The minimum absolute atomic E-state index is 0.0514. The van der Waals surface area contributed by atoms with Crippen molar-refractivity contribution in [2.45, 2.75) is 51.2 Å². The first-order valence-electron chi connectivity index (χ1n) is 15.0. The number of ether oxygens (including phenoxy) is 3. The van der Waals surface area contributed by atoms with E-state index in [2.05, 4.69) is 16.9 Å². The Balaban J connectivity index is 1.73. The molecule has 1 fully saturated rings. The molecule has 1 saturated carbocycles. The lowest BCUT2D eigenvalue weighted by Crippen LogP contribution is -2.49. The number of hydrogen-bond donors (Lipinski definition) is 1. The first-order chi connectivity index (χ1) is 22.2. The van der Waals surface area contributed by atoms with E-state index in [0.29, 0.717) is 29.6 Å². The largest absolute Gasteiger partial charge is 0.478 e. The van der Waals surface area contributed by atoms with Crippen LogP contribution in [-0.2, 0) is 26.9 Å². The highest BCUT2D eigenvalue weighted by Crippen LogP contribution is 2.40. The molecule has 15 heteroatoms. The van der Waals surface area contributed by atoms with Crippen LogP contribution in [-0.4, -0.2) is 74.5 Å². The second-order valence-corrected chi connectivity index (χ2v) is 12.7. The Bertz CT molecular complexity index is 1550. The van der Waals surface area contributed by atoms with E-state index in [1.807, 2.05) is 0 Å². The summed E-state index contributed by atoms with van der Waals surface area (Å²) in [4.78, 5) is 37.6. The van der Waals surface area contributed by atoms with Crippen molar-refractivity contribution in [3.63, 3.8) is 0 Å². The van der Waals surface area contributed by atoms with E-state index in [9.17, 15) is 27.9 Å². The summed E-state index contributed by atoms with van der Waals surface area (Å²) < 4.78 is 74.2. The standard InChI is InChI=1S/C32H38F4N4O6S/c1-18-6-8-20(9-7-18)29(41)40(22(15-44-4)16-45-5)26-13-25(33)27(12-23(26)30(42)43)46-28-24(32(34,35)36)11-19(14-37-28)10-21-17-47-31(38-21)39(2)3/h11-14,17-18,20,22H,6-10,15-16H2,1-5H3,(H,42,43)/t18-,20-. The Morgan fingerprint density at radius 1 is 1.09 bits per heavy atom. The number of carboxylic acids is 1. The molecule has 0 saturated heterocycles. The van der Waals surface area contributed by atoms with E-state index >= 15 is 4.39 Å². The topological polar surface area (TPSA) is 114 Å². The Kier molecular flexibility index (Phi) is 11.8. The molecule has 0 bridgehead atoms. The Morgan fingerprint density at radius 3 is 2.30 bits per heavy atom. The second kappa shape index (κ2) is 15.4. The monoisotopic (exact) mass is 682 g/mol. The molecule has 3 aromatic rings. The summed E-state index contributed by atoms with van der Waals surface area (Å²) in [7, 11) is 6.39. The maximum atomic E-state index is 15.8. The molecule has 10 nitrogen and oxygen atoms in total. The molecule has 0 unspecified atom stereocenters. The van der Waals surface area contributed by atoms with Gasteiger partial charge in [0.2, 0.25) is 11.8 Å². The zero-order chi connectivity index (χ0) is 34.5. The van der Waals surface area contributed by atoms with E-state index in [1.165, 1.54) is 30.5 Å². The van der Waals surface area contributed by atoms with E-state index in [4.69, 9.17) is 14.2 Å². The quantitative estimate of drug-likeness (QED) is 0.198. The van der Waals surface area contributed by atoms with Crippen LogP contribution in [0.2, 0.25) is 0 Å². The number of methoxy groups -OCH3 is 2. The van der Waals surface area contributed by atoms with Gasteiger partial charge in [0.15, 0.2) is 16.7 Å². The molecule has 256 valence electrons. The van der Waals surface area contributed by atoms with Crippen molar-refractivity contribution in [1.29, 1.82) is 0 Å². The van der Waals surface area contributed by atoms with Gasteiger partial charge in [-0.2, -0.15) is 13.2 Å². The fraction of sp³-hybridized carbons (Fsp3) is 0.500. The minimum Gasteiger partial charge on any atom is -0.478 e. The normalized spacial score (nSPS) is 16.7. The SMILES string of the molecule is COCC(COC)N(c1cc(F)c(Oc2ncc(Cc3csc(N(C)C)n3)cc2C(F)(F)F)cc1C(=O)O)C(=O)[C@H]1CC[C@H](C)CC1. The Hall–Kier alpha value is -3.82. The molecule has 2 heterocycles. The van der Waals surface area contributed by atoms with Crippen molar-refractivity contribution in [2.75, 3.05) is 51.3 Å². The van der Waals surface area contributed by atoms with E-state index in [0.717, 1.165) is 37.2 Å². The third-order valence-corrected chi connectivity index (χ3v) is 9.01. The second-order valence-electron chi connectivity index (χ2n) is 11.8. The van der Waals surface area contributed by atoms with Gasteiger partial charge in [-0.3, -0.25) is 4.79 Å². The lowest BCUT2D eigenvalue weighted by Gasteiger charge is -2.36. The van der Waals surface area contributed by atoms with Crippen molar-refractivity contribution < 1.29 is 46.5 Å². The molecule has 0 atom stereocenters. The molecular weight excluding hydrogens is 644 g/mol. The number of nitrogens with zero attached hydrogens (tertiary/aromatic N) is 4. The summed E-state index contributed by atoms with van der Waals surface area (Å²) in [6.07, 6.45) is -0.992. The van der Waals surface area contributed by atoms with E-state index in [1.54, 1.807) is 24.4 Å². The van der Waals surface area contributed by atoms with Crippen molar-refractivity contribution in [1.82, 2.24) is 9.97 Å². The van der Waals surface area contributed by atoms with Gasteiger partial charge in [-0.25, -0.2) is 19.2 Å². The number of pyridine rings is 1. The number of carbonyl (C=O) groups is 2. The van der Waals surface area contributed by atoms with E-state index in [-0.39, 0.29) is 30.9 Å². The van der Waals surface area contributed by atoms with Crippen molar-refractivity contribution in [3.8, 4) is 11.6 Å². The molecular formula is C32H38F4N4O6S. The van der Waals surface area contributed by atoms with Gasteiger partial charge in [-0.05, 0) is 43.2 Å². The van der Waals surface area contributed by atoms with Gasteiger partial charge < -0.3 is 29.1 Å². The predicted molar refractivity (Wildman–Crippen MR) is 168 cm³/mol. The van der Waals surface area contributed by atoms with Crippen LogP contribution in [0.3, 0.4) is 0 Å². The minimum atomic E-state index is -4.94. The number of carbonyl (C=O) groups excluding carboxylic acids is 1. The van der Waals surface area contributed by atoms with Gasteiger partial charge in [0.25, 0.3) is 0 Å². The summed E-state index contributed by atoms with van der Waals surface area (Å²) in [6.45, 7) is 1.98. The summed E-state index contributed by atoms with van der Waals surface area (Å²) in [5, 5.41) is 12.6. The van der Waals surface area contributed by atoms with Crippen molar-refractivity contribution in [2.24, 2.45) is 11.8 Å². The molecule has 1 N–H and O–H groups in total. The number of carboxylic acid groups (broad SMARTS) is 1. The van der Waals surface area contributed by atoms with Gasteiger partial charge in [-0.15, -0.1) is 11.3 Å². The zero-order valence-corrected chi connectivity index (χ0v) is 27.6. The van der Waals surface area contributed by atoms with E-state index < -0.39 is 58.6 Å². The van der Waals surface area contributed by atoms with Crippen LogP contribution in [0.5, 0.6) is 11.6 Å². The fourth-order valence-electron chi connectivity index (χ4n) is 5.55. The number of amides is 1. The number of alkyl halides is 3. The number of aromatic nitrogens is 2. The molecule has 1 aliphatic carbocycles. The van der Waals surface area contributed by atoms with Gasteiger partial charge in [0.05, 0.1) is 36.2 Å². The molecule has 1 amide bonds. The summed E-state index contributed by atoms with van der Waals surface area (Å²) in [6, 6.07) is 1.57. The lowest BCUT2D eigenvalue weighted by atomic mass is 9.82. The van der Waals surface area contributed by atoms with Crippen LogP contribution in [0.4, 0.5) is 28.4 Å². The highest BCUT2D eigenvalue weighted by atomic mass is 32.1. The number of hydrogen-bond acceptors (Lipinski definition) is 9. The van der Waals surface area contributed by atoms with Gasteiger partial charge in [0, 0.05) is 64.4 Å². The highest BCUT2D eigenvalue weighted by Gasteiger charge is 2.38. The molecule has 1 aromatic carbocycles. The average Bonchev–Trinajstić information content (AvgIpc) is 3.48. The fourth-order valence-corrected chi connectivity index (χ4v) is 6.30. The average molecular weight is 683 g/mol. The lowest BCUT2D eigenvalue weighted by molar-refractivity contribution is -0.139. The van der Waals surface area contributed by atoms with Crippen LogP contribution in [0, 0.1) is 17.7 Å². The Morgan fingerprint density at radius 2 is 1.74 bits per heavy atom. The van der Waals surface area contributed by atoms with Gasteiger partial charge in [-0.1, -0.05) is 6.92 Å². The molecule has 47 heavy (non-hydrogen) atoms. The zero-order valence-electron chi connectivity index (χ0n) is 26.8.